The standard InChI is InChI=1S/C11H18N4O/c1-8(2)15-11(13-7-14-15)4-10(16)3-9-5-12-6-9/h7-9,12H,3-6H2,1-2H3. The zero-order valence-electron chi connectivity index (χ0n) is 9.81. The molecule has 0 saturated carbocycles. The topological polar surface area (TPSA) is 59.8 Å². The van der Waals surface area contributed by atoms with Crippen LogP contribution in [-0.2, 0) is 11.2 Å². The van der Waals surface area contributed by atoms with E-state index in [0.717, 1.165) is 18.9 Å². The first kappa shape index (κ1) is 11.3. The van der Waals surface area contributed by atoms with Gasteiger partial charge in [-0.15, -0.1) is 0 Å². The van der Waals surface area contributed by atoms with E-state index in [4.69, 9.17) is 0 Å². The molecule has 16 heavy (non-hydrogen) atoms. The highest BCUT2D eigenvalue weighted by molar-refractivity contribution is 5.80. The fraction of sp³-hybridized carbons (Fsp3) is 0.727. The first-order chi connectivity index (χ1) is 7.66. The third-order valence-corrected chi connectivity index (χ3v) is 2.87. The second kappa shape index (κ2) is 4.74. The molecule has 2 rings (SSSR count). The molecule has 88 valence electrons. The molecule has 0 radical (unpaired) electrons. The molecule has 1 fully saturated rings. The van der Waals surface area contributed by atoms with E-state index in [1.165, 1.54) is 6.33 Å². The molecule has 0 atom stereocenters. The zero-order chi connectivity index (χ0) is 11.5. The van der Waals surface area contributed by atoms with Gasteiger partial charge in [0.2, 0.25) is 0 Å². The van der Waals surface area contributed by atoms with Crippen molar-refractivity contribution in [2.24, 2.45) is 5.92 Å². The SMILES string of the molecule is CC(C)n1ncnc1CC(=O)CC1CNC1. The summed E-state index contributed by atoms with van der Waals surface area (Å²) in [5, 5.41) is 7.29. The Bertz CT molecular complexity index is 368. The molecule has 1 N–H and O–H groups in total. The first-order valence-corrected chi connectivity index (χ1v) is 5.77. The molecule has 0 unspecified atom stereocenters. The number of carbonyl (C=O) groups excluding carboxylic acids is 1. The van der Waals surface area contributed by atoms with E-state index < -0.39 is 0 Å². The average Bonchev–Trinajstić information content (AvgIpc) is 2.59. The molecule has 1 aliphatic heterocycles. The van der Waals surface area contributed by atoms with Crippen molar-refractivity contribution >= 4 is 5.78 Å². The monoisotopic (exact) mass is 222 g/mol. The van der Waals surface area contributed by atoms with Crippen molar-refractivity contribution in [1.82, 2.24) is 20.1 Å². The van der Waals surface area contributed by atoms with Crippen LogP contribution in [0.3, 0.4) is 0 Å². The molecule has 1 aliphatic rings. The molecule has 0 bridgehead atoms. The first-order valence-electron chi connectivity index (χ1n) is 5.77. The Morgan fingerprint density at radius 3 is 2.94 bits per heavy atom. The lowest BCUT2D eigenvalue weighted by Crippen LogP contribution is -2.43. The van der Waals surface area contributed by atoms with Crippen molar-refractivity contribution in [3.8, 4) is 0 Å². The minimum absolute atomic E-state index is 0.260. The Morgan fingerprint density at radius 1 is 1.62 bits per heavy atom. The molecule has 1 aromatic rings. The highest BCUT2D eigenvalue weighted by Gasteiger charge is 2.21. The van der Waals surface area contributed by atoms with Crippen LogP contribution in [0.15, 0.2) is 6.33 Å². The molecular weight excluding hydrogens is 204 g/mol. The van der Waals surface area contributed by atoms with Gasteiger partial charge in [0.15, 0.2) is 0 Å². The summed E-state index contributed by atoms with van der Waals surface area (Å²) in [6.07, 6.45) is 2.60. The lowest BCUT2D eigenvalue weighted by atomic mass is 9.95. The average molecular weight is 222 g/mol. The smallest absolute Gasteiger partial charge is 0.140 e. The van der Waals surface area contributed by atoms with Gasteiger partial charge < -0.3 is 5.32 Å². The van der Waals surface area contributed by atoms with Crippen LogP contribution in [0.5, 0.6) is 0 Å². The molecule has 5 nitrogen and oxygen atoms in total. The van der Waals surface area contributed by atoms with Crippen LogP contribution in [0.25, 0.3) is 0 Å². The van der Waals surface area contributed by atoms with Gasteiger partial charge in [0, 0.05) is 12.5 Å². The fourth-order valence-corrected chi connectivity index (χ4v) is 1.90. The zero-order valence-corrected chi connectivity index (χ0v) is 9.81. The van der Waals surface area contributed by atoms with Gasteiger partial charge in [-0.1, -0.05) is 0 Å². The molecular formula is C11H18N4O. The third-order valence-electron chi connectivity index (χ3n) is 2.87. The van der Waals surface area contributed by atoms with Gasteiger partial charge in [-0.05, 0) is 32.9 Å². The van der Waals surface area contributed by atoms with Crippen LogP contribution in [0.1, 0.15) is 32.1 Å². The summed E-state index contributed by atoms with van der Waals surface area (Å²) in [6.45, 7) is 6.03. The predicted octanol–water partition coefficient (Wildman–Crippen LogP) is 0.580. The van der Waals surface area contributed by atoms with Crippen molar-refractivity contribution < 1.29 is 4.79 Å². The Kier molecular flexibility index (Phi) is 3.33. The van der Waals surface area contributed by atoms with E-state index in [1.54, 1.807) is 0 Å². The molecule has 1 saturated heterocycles. The maximum absolute atomic E-state index is 11.8. The number of ketones is 1. The van der Waals surface area contributed by atoms with Gasteiger partial charge in [0.1, 0.15) is 17.9 Å². The largest absolute Gasteiger partial charge is 0.316 e. The Morgan fingerprint density at radius 2 is 2.38 bits per heavy atom. The van der Waals surface area contributed by atoms with Crippen molar-refractivity contribution in [2.45, 2.75) is 32.7 Å². The maximum atomic E-state index is 11.8. The lowest BCUT2D eigenvalue weighted by Gasteiger charge is -2.26. The number of nitrogens with zero attached hydrogens (tertiary/aromatic N) is 3. The van der Waals surface area contributed by atoms with Gasteiger partial charge in [0.25, 0.3) is 0 Å². The van der Waals surface area contributed by atoms with Crippen molar-refractivity contribution in [2.75, 3.05) is 13.1 Å². The molecule has 0 amide bonds. The second-order valence-corrected chi connectivity index (χ2v) is 4.66. The van der Waals surface area contributed by atoms with E-state index in [0.29, 0.717) is 18.8 Å². The Labute approximate surface area is 95.2 Å². The number of rotatable bonds is 5. The van der Waals surface area contributed by atoms with E-state index in [-0.39, 0.29) is 11.8 Å². The number of Topliss-reactive ketones (excluding diaryl/α,β-unsaturated/α-hetero) is 1. The summed E-state index contributed by atoms with van der Waals surface area (Å²) >= 11 is 0. The molecule has 0 aromatic carbocycles. The minimum Gasteiger partial charge on any atom is -0.316 e. The van der Waals surface area contributed by atoms with Crippen LogP contribution >= 0.6 is 0 Å². The van der Waals surface area contributed by atoms with E-state index >= 15 is 0 Å². The Hall–Kier alpha value is -1.23. The predicted molar refractivity (Wildman–Crippen MR) is 60.1 cm³/mol. The number of hydrogen-bond donors (Lipinski definition) is 1. The molecule has 0 aliphatic carbocycles. The van der Waals surface area contributed by atoms with Crippen molar-refractivity contribution in [3.05, 3.63) is 12.2 Å². The Balaban J connectivity index is 1.91. The second-order valence-electron chi connectivity index (χ2n) is 4.66. The lowest BCUT2D eigenvalue weighted by molar-refractivity contribution is -0.119. The summed E-state index contributed by atoms with van der Waals surface area (Å²) in [5.74, 6) is 1.58. The number of nitrogens with one attached hydrogen (secondary N) is 1. The van der Waals surface area contributed by atoms with E-state index in [1.807, 2.05) is 18.5 Å². The normalized spacial score (nSPS) is 16.4. The highest BCUT2D eigenvalue weighted by atomic mass is 16.1. The maximum Gasteiger partial charge on any atom is 0.140 e. The van der Waals surface area contributed by atoms with Gasteiger partial charge in [-0.2, -0.15) is 5.10 Å². The molecule has 0 spiro atoms. The summed E-state index contributed by atoms with van der Waals surface area (Å²) in [6, 6.07) is 0.260. The summed E-state index contributed by atoms with van der Waals surface area (Å²) in [5.41, 5.74) is 0. The van der Waals surface area contributed by atoms with Crippen LogP contribution < -0.4 is 5.32 Å². The van der Waals surface area contributed by atoms with Crippen molar-refractivity contribution in [1.29, 1.82) is 0 Å². The number of aromatic nitrogens is 3. The van der Waals surface area contributed by atoms with Gasteiger partial charge in [-0.25, -0.2) is 9.67 Å². The fourth-order valence-electron chi connectivity index (χ4n) is 1.90. The number of carbonyl (C=O) groups is 1. The highest BCUT2D eigenvalue weighted by Crippen LogP contribution is 2.12. The van der Waals surface area contributed by atoms with Crippen LogP contribution in [0.2, 0.25) is 0 Å². The number of hydrogen-bond acceptors (Lipinski definition) is 4. The van der Waals surface area contributed by atoms with Crippen LogP contribution in [0.4, 0.5) is 0 Å². The molecule has 1 aromatic heterocycles. The van der Waals surface area contributed by atoms with Gasteiger partial charge >= 0.3 is 0 Å². The molecule has 2 heterocycles. The summed E-state index contributed by atoms with van der Waals surface area (Å²) in [4.78, 5) is 15.9. The molecule has 5 heteroatoms. The van der Waals surface area contributed by atoms with Crippen LogP contribution in [0, 0.1) is 5.92 Å². The third kappa shape index (κ3) is 2.47. The van der Waals surface area contributed by atoms with Crippen molar-refractivity contribution in [3.63, 3.8) is 0 Å². The van der Waals surface area contributed by atoms with E-state index in [9.17, 15) is 4.79 Å². The quantitative estimate of drug-likeness (QED) is 0.791. The van der Waals surface area contributed by atoms with Crippen LogP contribution in [-0.4, -0.2) is 33.6 Å². The summed E-state index contributed by atoms with van der Waals surface area (Å²) in [7, 11) is 0. The summed E-state index contributed by atoms with van der Waals surface area (Å²) < 4.78 is 1.82. The van der Waals surface area contributed by atoms with Gasteiger partial charge in [-0.3, -0.25) is 4.79 Å². The van der Waals surface area contributed by atoms with Gasteiger partial charge in [0.05, 0.1) is 6.42 Å². The minimum atomic E-state index is 0.260. The van der Waals surface area contributed by atoms with E-state index in [2.05, 4.69) is 15.4 Å².